The van der Waals surface area contributed by atoms with Crippen molar-refractivity contribution in [1.29, 1.82) is 0 Å². The molecule has 1 aliphatic heterocycles. The van der Waals surface area contributed by atoms with E-state index in [1.807, 2.05) is 4.90 Å². The van der Waals surface area contributed by atoms with E-state index in [2.05, 4.69) is 4.98 Å². The van der Waals surface area contributed by atoms with Crippen LogP contribution in [-0.2, 0) is 0 Å². The monoisotopic (exact) mass is 239 g/mol. The highest BCUT2D eigenvalue weighted by molar-refractivity contribution is 7.11. The Morgan fingerprint density at radius 3 is 3.25 bits per heavy atom. The first kappa shape index (κ1) is 11.5. The standard InChI is InChI=1S/C11H17N3OS/c12-4-3-9-2-1-5-14(7-9)11(15)10-6-13-8-16-10/h6,8-9H,1-5,7,12H2. The zero-order valence-corrected chi connectivity index (χ0v) is 10.1. The molecule has 1 aliphatic rings. The van der Waals surface area contributed by atoms with Crippen molar-refractivity contribution in [3.8, 4) is 0 Å². The summed E-state index contributed by atoms with van der Waals surface area (Å²) in [6.45, 7) is 2.44. The molecule has 1 unspecified atom stereocenters. The molecule has 5 heteroatoms. The number of amides is 1. The fourth-order valence-electron chi connectivity index (χ4n) is 2.20. The van der Waals surface area contributed by atoms with Gasteiger partial charge in [0.15, 0.2) is 0 Å². The van der Waals surface area contributed by atoms with E-state index in [9.17, 15) is 4.79 Å². The molecule has 4 nitrogen and oxygen atoms in total. The summed E-state index contributed by atoms with van der Waals surface area (Å²) in [5.74, 6) is 0.708. The summed E-state index contributed by atoms with van der Waals surface area (Å²) in [6, 6.07) is 0. The quantitative estimate of drug-likeness (QED) is 0.866. The van der Waals surface area contributed by atoms with Crippen molar-refractivity contribution in [3.63, 3.8) is 0 Å². The predicted molar refractivity (Wildman–Crippen MR) is 64.4 cm³/mol. The minimum atomic E-state index is 0.129. The van der Waals surface area contributed by atoms with Crippen molar-refractivity contribution < 1.29 is 4.79 Å². The molecule has 0 bridgehead atoms. The Morgan fingerprint density at radius 2 is 2.56 bits per heavy atom. The Labute approximate surface area is 99.5 Å². The second-order valence-corrected chi connectivity index (χ2v) is 5.09. The number of aromatic nitrogens is 1. The van der Waals surface area contributed by atoms with Crippen molar-refractivity contribution in [1.82, 2.24) is 9.88 Å². The zero-order valence-electron chi connectivity index (χ0n) is 9.26. The molecule has 2 heterocycles. The van der Waals surface area contributed by atoms with Gasteiger partial charge in [0.1, 0.15) is 4.88 Å². The van der Waals surface area contributed by atoms with Crippen molar-refractivity contribution in [3.05, 3.63) is 16.6 Å². The Hall–Kier alpha value is -0.940. The lowest BCUT2D eigenvalue weighted by atomic mass is 9.95. The molecule has 1 atom stereocenters. The van der Waals surface area contributed by atoms with Gasteiger partial charge in [-0.05, 0) is 31.7 Å². The van der Waals surface area contributed by atoms with Crippen LogP contribution in [0.4, 0.5) is 0 Å². The molecule has 1 aromatic rings. The molecule has 0 radical (unpaired) electrons. The maximum absolute atomic E-state index is 12.1. The van der Waals surface area contributed by atoms with Gasteiger partial charge in [0.2, 0.25) is 0 Å². The van der Waals surface area contributed by atoms with Crippen LogP contribution in [0.15, 0.2) is 11.7 Å². The number of piperidine rings is 1. The van der Waals surface area contributed by atoms with E-state index in [-0.39, 0.29) is 5.91 Å². The number of nitrogens with two attached hydrogens (primary N) is 1. The van der Waals surface area contributed by atoms with Crippen LogP contribution in [0, 0.1) is 5.92 Å². The van der Waals surface area contributed by atoms with Crippen molar-refractivity contribution in [2.24, 2.45) is 11.7 Å². The van der Waals surface area contributed by atoms with Gasteiger partial charge in [-0.2, -0.15) is 0 Å². The van der Waals surface area contributed by atoms with Gasteiger partial charge in [-0.15, -0.1) is 11.3 Å². The number of nitrogens with zero attached hydrogens (tertiary/aromatic N) is 2. The molecule has 1 fully saturated rings. The molecule has 2 rings (SSSR count). The van der Waals surface area contributed by atoms with Crippen LogP contribution in [0.2, 0.25) is 0 Å². The summed E-state index contributed by atoms with van der Waals surface area (Å²) in [6.07, 6.45) is 4.96. The lowest BCUT2D eigenvalue weighted by molar-refractivity contribution is 0.0674. The highest BCUT2D eigenvalue weighted by atomic mass is 32.1. The first-order chi connectivity index (χ1) is 7.81. The largest absolute Gasteiger partial charge is 0.338 e. The number of hydrogen-bond donors (Lipinski definition) is 1. The predicted octanol–water partition coefficient (Wildman–Crippen LogP) is 1.34. The highest BCUT2D eigenvalue weighted by Crippen LogP contribution is 2.21. The Balaban J connectivity index is 1.96. The second kappa shape index (κ2) is 5.41. The summed E-state index contributed by atoms with van der Waals surface area (Å²) < 4.78 is 0. The Kier molecular flexibility index (Phi) is 3.90. The fourth-order valence-corrected chi connectivity index (χ4v) is 2.78. The smallest absolute Gasteiger partial charge is 0.265 e. The molecule has 0 saturated carbocycles. The molecule has 2 N–H and O–H groups in total. The van der Waals surface area contributed by atoms with Gasteiger partial charge < -0.3 is 10.6 Å². The van der Waals surface area contributed by atoms with Crippen LogP contribution in [0.25, 0.3) is 0 Å². The fraction of sp³-hybridized carbons (Fsp3) is 0.636. The van der Waals surface area contributed by atoms with Crippen LogP contribution >= 0.6 is 11.3 Å². The minimum absolute atomic E-state index is 0.129. The van der Waals surface area contributed by atoms with E-state index in [0.717, 1.165) is 30.8 Å². The van der Waals surface area contributed by atoms with Gasteiger partial charge in [0.25, 0.3) is 5.91 Å². The lowest BCUT2D eigenvalue weighted by Crippen LogP contribution is -2.40. The van der Waals surface area contributed by atoms with E-state index < -0.39 is 0 Å². The Bertz CT molecular complexity index is 337. The third kappa shape index (κ3) is 2.59. The number of carbonyl (C=O) groups excluding carboxylic acids is 1. The first-order valence-electron chi connectivity index (χ1n) is 5.69. The average Bonchev–Trinajstić information content (AvgIpc) is 2.82. The molecule has 88 valence electrons. The number of thiazole rings is 1. The summed E-state index contributed by atoms with van der Waals surface area (Å²) >= 11 is 1.41. The summed E-state index contributed by atoms with van der Waals surface area (Å²) in [5, 5.41) is 0. The average molecular weight is 239 g/mol. The molecule has 0 spiro atoms. The van der Waals surface area contributed by atoms with Crippen LogP contribution < -0.4 is 5.73 Å². The summed E-state index contributed by atoms with van der Waals surface area (Å²) in [5.41, 5.74) is 7.27. The van der Waals surface area contributed by atoms with Gasteiger partial charge in [0, 0.05) is 13.1 Å². The number of carbonyl (C=O) groups is 1. The third-order valence-electron chi connectivity index (χ3n) is 3.02. The zero-order chi connectivity index (χ0) is 11.4. The Morgan fingerprint density at radius 1 is 1.69 bits per heavy atom. The third-order valence-corrected chi connectivity index (χ3v) is 3.79. The molecular weight excluding hydrogens is 222 g/mol. The molecule has 0 aliphatic carbocycles. The van der Waals surface area contributed by atoms with Crippen molar-refractivity contribution >= 4 is 17.2 Å². The van der Waals surface area contributed by atoms with Gasteiger partial charge in [0.05, 0.1) is 11.7 Å². The number of rotatable bonds is 3. The lowest BCUT2D eigenvalue weighted by Gasteiger charge is -2.32. The molecule has 0 aromatic carbocycles. The van der Waals surface area contributed by atoms with Crippen molar-refractivity contribution in [2.45, 2.75) is 19.3 Å². The van der Waals surface area contributed by atoms with E-state index in [1.165, 1.54) is 17.8 Å². The van der Waals surface area contributed by atoms with E-state index in [0.29, 0.717) is 12.5 Å². The van der Waals surface area contributed by atoms with E-state index in [1.54, 1.807) is 11.7 Å². The SMILES string of the molecule is NCCC1CCCN(C(=O)c2cncs2)C1. The molecule has 1 saturated heterocycles. The number of likely N-dealkylation sites (tertiary alicyclic amines) is 1. The maximum Gasteiger partial charge on any atom is 0.265 e. The summed E-state index contributed by atoms with van der Waals surface area (Å²) in [7, 11) is 0. The molecular formula is C11H17N3OS. The van der Waals surface area contributed by atoms with Crippen LogP contribution in [0.1, 0.15) is 28.9 Å². The van der Waals surface area contributed by atoms with Crippen LogP contribution in [0.5, 0.6) is 0 Å². The van der Waals surface area contributed by atoms with Gasteiger partial charge in [-0.25, -0.2) is 0 Å². The molecule has 1 aromatic heterocycles. The second-order valence-electron chi connectivity index (χ2n) is 4.20. The number of hydrogen-bond acceptors (Lipinski definition) is 4. The van der Waals surface area contributed by atoms with Gasteiger partial charge >= 0.3 is 0 Å². The van der Waals surface area contributed by atoms with Gasteiger partial charge in [-0.3, -0.25) is 9.78 Å². The summed E-state index contributed by atoms with van der Waals surface area (Å²) in [4.78, 5) is 18.7. The topological polar surface area (TPSA) is 59.2 Å². The van der Waals surface area contributed by atoms with E-state index in [4.69, 9.17) is 5.73 Å². The molecule has 16 heavy (non-hydrogen) atoms. The van der Waals surface area contributed by atoms with E-state index >= 15 is 0 Å². The highest BCUT2D eigenvalue weighted by Gasteiger charge is 2.24. The van der Waals surface area contributed by atoms with Gasteiger partial charge in [-0.1, -0.05) is 0 Å². The van der Waals surface area contributed by atoms with Crippen molar-refractivity contribution in [2.75, 3.05) is 19.6 Å². The normalized spacial score (nSPS) is 21.1. The molecule has 1 amide bonds. The first-order valence-corrected chi connectivity index (χ1v) is 6.57. The maximum atomic E-state index is 12.1. The van der Waals surface area contributed by atoms with Crippen LogP contribution in [0.3, 0.4) is 0 Å². The van der Waals surface area contributed by atoms with Crippen LogP contribution in [-0.4, -0.2) is 35.4 Å². The minimum Gasteiger partial charge on any atom is -0.338 e.